The molecule has 3 aromatic rings. The van der Waals surface area contributed by atoms with Crippen molar-refractivity contribution in [2.75, 3.05) is 17.2 Å². The van der Waals surface area contributed by atoms with Gasteiger partial charge < -0.3 is 30.9 Å². The number of nitrogens with one attached hydrogen (secondary N) is 2. The Morgan fingerprint density at radius 1 is 1.17 bits per heavy atom. The van der Waals surface area contributed by atoms with Crippen LogP contribution in [0.2, 0.25) is 5.02 Å². The van der Waals surface area contributed by atoms with E-state index in [-0.39, 0.29) is 24.0 Å². The van der Waals surface area contributed by atoms with Gasteiger partial charge in [-0.25, -0.2) is 4.79 Å². The van der Waals surface area contributed by atoms with Gasteiger partial charge in [-0.1, -0.05) is 35.9 Å². The van der Waals surface area contributed by atoms with Crippen LogP contribution in [0.5, 0.6) is 11.5 Å². The topological polar surface area (TPSA) is 147 Å². The SMILES string of the molecule is CC(C#N)Oc1cccc(CNc2ccc(Cl)cc2C(=O)Nc2ccc(CN)cc2)c1OCC(=O)O. The minimum atomic E-state index is -1.16. The Morgan fingerprint density at radius 2 is 1.92 bits per heavy atom. The molecule has 3 rings (SSSR count). The molecule has 1 amide bonds. The maximum Gasteiger partial charge on any atom is 0.341 e. The van der Waals surface area contributed by atoms with E-state index in [1.807, 2.05) is 18.2 Å². The second-order valence-corrected chi connectivity index (χ2v) is 8.15. The fourth-order valence-corrected chi connectivity index (χ4v) is 3.45. The molecule has 9 nitrogen and oxygen atoms in total. The van der Waals surface area contributed by atoms with Gasteiger partial charge in [-0.3, -0.25) is 4.79 Å². The van der Waals surface area contributed by atoms with E-state index in [2.05, 4.69) is 10.6 Å². The van der Waals surface area contributed by atoms with Crippen LogP contribution in [0.1, 0.15) is 28.4 Å². The number of ether oxygens (including phenoxy) is 2. The van der Waals surface area contributed by atoms with Gasteiger partial charge in [0.2, 0.25) is 0 Å². The number of nitriles is 1. The minimum Gasteiger partial charge on any atom is -0.479 e. The van der Waals surface area contributed by atoms with Gasteiger partial charge in [0.15, 0.2) is 24.2 Å². The standard InChI is InChI=1S/C26H25ClN4O5/c1-16(12-28)36-23-4-2-3-18(25(23)35-15-24(32)33)14-30-22-10-7-19(27)11-21(22)26(34)31-20-8-5-17(13-29)6-9-20/h2-11,16,30H,13-15,29H2,1H3,(H,31,34)(H,32,33). The van der Waals surface area contributed by atoms with E-state index in [4.69, 9.17) is 37.2 Å². The highest BCUT2D eigenvalue weighted by molar-refractivity contribution is 6.31. The number of hydrogen-bond acceptors (Lipinski definition) is 7. The van der Waals surface area contributed by atoms with Crippen molar-refractivity contribution in [2.24, 2.45) is 5.73 Å². The van der Waals surface area contributed by atoms with Crippen molar-refractivity contribution in [3.8, 4) is 17.6 Å². The molecule has 0 bridgehead atoms. The molecule has 0 radical (unpaired) electrons. The lowest BCUT2D eigenvalue weighted by atomic mass is 10.1. The molecule has 0 aliphatic carbocycles. The smallest absolute Gasteiger partial charge is 0.341 e. The summed E-state index contributed by atoms with van der Waals surface area (Å²) in [7, 11) is 0. The highest BCUT2D eigenvalue weighted by Crippen LogP contribution is 2.33. The molecular formula is C26H25ClN4O5. The monoisotopic (exact) mass is 508 g/mol. The van der Waals surface area contributed by atoms with E-state index in [0.29, 0.717) is 34.1 Å². The average molecular weight is 509 g/mol. The van der Waals surface area contributed by atoms with E-state index in [1.165, 1.54) is 0 Å². The summed E-state index contributed by atoms with van der Waals surface area (Å²) in [4.78, 5) is 24.1. The second-order valence-electron chi connectivity index (χ2n) is 7.71. The lowest BCUT2D eigenvalue weighted by Crippen LogP contribution is -2.16. The lowest BCUT2D eigenvalue weighted by molar-refractivity contribution is -0.139. The van der Waals surface area contributed by atoms with Gasteiger partial charge in [0, 0.05) is 35.1 Å². The van der Waals surface area contributed by atoms with E-state index in [9.17, 15) is 9.59 Å². The van der Waals surface area contributed by atoms with Crippen molar-refractivity contribution < 1.29 is 24.2 Å². The zero-order chi connectivity index (χ0) is 26.1. The molecular weight excluding hydrogens is 484 g/mol. The van der Waals surface area contributed by atoms with Gasteiger partial charge >= 0.3 is 5.97 Å². The normalized spacial score (nSPS) is 11.2. The van der Waals surface area contributed by atoms with E-state index in [0.717, 1.165) is 5.56 Å². The molecule has 36 heavy (non-hydrogen) atoms. The predicted octanol–water partition coefficient (Wildman–Crippen LogP) is 4.42. The van der Waals surface area contributed by atoms with Crippen LogP contribution in [0.25, 0.3) is 0 Å². The van der Waals surface area contributed by atoms with Crippen molar-refractivity contribution in [1.82, 2.24) is 0 Å². The van der Waals surface area contributed by atoms with Crippen LogP contribution in [0.4, 0.5) is 11.4 Å². The third kappa shape index (κ3) is 7.12. The minimum absolute atomic E-state index is 0.167. The zero-order valence-electron chi connectivity index (χ0n) is 19.5. The molecule has 5 N–H and O–H groups in total. The third-order valence-electron chi connectivity index (χ3n) is 5.03. The Balaban J connectivity index is 1.84. The Labute approximate surface area is 213 Å². The number of benzene rings is 3. The van der Waals surface area contributed by atoms with Crippen molar-refractivity contribution in [3.05, 3.63) is 82.4 Å². The fourth-order valence-electron chi connectivity index (χ4n) is 3.28. The maximum absolute atomic E-state index is 13.0. The number of halogens is 1. The van der Waals surface area contributed by atoms with Crippen LogP contribution in [0, 0.1) is 11.3 Å². The summed E-state index contributed by atoms with van der Waals surface area (Å²) in [6.45, 7) is 1.54. The highest BCUT2D eigenvalue weighted by atomic mass is 35.5. The summed E-state index contributed by atoms with van der Waals surface area (Å²) in [6, 6.07) is 19.0. The Hall–Kier alpha value is -4.26. The molecule has 3 aromatic carbocycles. The number of nitrogens with two attached hydrogens (primary N) is 1. The van der Waals surface area contributed by atoms with Gasteiger partial charge in [-0.15, -0.1) is 0 Å². The van der Waals surface area contributed by atoms with Crippen LogP contribution in [-0.4, -0.2) is 29.7 Å². The first-order valence-electron chi connectivity index (χ1n) is 11.0. The molecule has 0 aliphatic rings. The van der Waals surface area contributed by atoms with Crippen LogP contribution in [-0.2, 0) is 17.9 Å². The molecule has 0 aliphatic heterocycles. The summed E-state index contributed by atoms with van der Waals surface area (Å²) in [6.07, 6.45) is -0.772. The summed E-state index contributed by atoms with van der Waals surface area (Å²) >= 11 is 6.16. The highest BCUT2D eigenvalue weighted by Gasteiger charge is 2.17. The molecule has 1 unspecified atom stereocenters. The number of carboxylic acids is 1. The largest absolute Gasteiger partial charge is 0.479 e. The molecule has 0 aromatic heterocycles. The quantitative estimate of drug-likeness (QED) is 0.297. The maximum atomic E-state index is 13.0. The number of carbonyl (C=O) groups excluding carboxylic acids is 1. The first kappa shape index (κ1) is 26.3. The van der Waals surface area contributed by atoms with Crippen molar-refractivity contribution in [3.63, 3.8) is 0 Å². The summed E-state index contributed by atoms with van der Waals surface area (Å²) in [5, 5.41) is 24.6. The summed E-state index contributed by atoms with van der Waals surface area (Å²) in [5.41, 5.74) is 8.54. The van der Waals surface area contributed by atoms with Crippen LogP contribution in [0.3, 0.4) is 0 Å². The first-order chi connectivity index (χ1) is 17.3. The molecule has 1 atom stereocenters. The van der Waals surface area contributed by atoms with Crippen molar-refractivity contribution in [1.29, 1.82) is 5.26 Å². The van der Waals surface area contributed by atoms with Crippen molar-refractivity contribution in [2.45, 2.75) is 26.1 Å². The molecule has 10 heteroatoms. The molecule has 0 fully saturated rings. The Kier molecular flexibility index (Phi) is 9.11. The predicted molar refractivity (Wildman–Crippen MR) is 136 cm³/mol. The second kappa shape index (κ2) is 12.4. The van der Waals surface area contributed by atoms with Gasteiger partial charge in [0.05, 0.1) is 5.56 Å². The molecule has 0 saturated carbocycles. The van der Waals surface area contributed by atoms with Crippen LogP contribution in [0.15, 0.2) is 60.7 Å². The molecule has 0 saturated heterocycles. The number of carbonyl (C=O) groups is 2. The van der Waals surface area contributed by atoms with Gasteiger partial charge in [-0.05, 0) is 48.9 Å². The number of anilines is 2. The molecule has 0 spiro atoms. The number of amides is 1. The third-order valence-corrected chi connectivity index (χ3v) is 5.26. The molecule has 186 valence electrons. The lowest BCUT2D eigenvalue weighted by Gasteiger charge is -2.18. The van der Waals surface area contributed by atoms with Gasteiger partial charge in [0.1, 0.15) is 6.07 Å². The fraction of sp³-hybridized carbons (Fsp3) is 0.192. The first-order valence-corrected chi connectivity index (χ1v) is 11.3. The number of nitrogens with zero attached hydrogens (tertiary/aromatic N) is 1. The van der Waals surface area contributed by atoms with Crippen molar-refractivity contribution >= 4 is 34.9 Å². The van der Waals surface area contributed by atoms with E-state index in [1.54, 1.807) is 55.5 Å². The van der Waals surface area contributed by atoms with Gasteiger partial charge in [-0.2, -0.15) is 5.26 Å². The zero-order valence-corrected chi connectivity index (χ0v) is 20.2. The Morgan fingerprint density at radius 3 is 2.58 bits per heavy atom. The number of carboxylic acid groups (broad SMARTS) is 1. The van der Waals surface area contributed by atoms with Crippen LogP contribution < -0.4 is 25.8 Å². The number of aliphatic carboxylic acids is 1. The van der Waals surface area contributed by atoms with Gasteiger partial charge in [0.25, 0.3) is 5.91 Å². The van der Waals surface area contributed by atoms with Crippen LogP contribution >= 0.6 is 11.6 Å². The van der Waals surface area contributed by atoms with E-state index < -0.39 is 18.7 Å². The summed E-state index contributed by atoms with van der Waals surface area (Å²) < 4.78 is 11.1. The molecule has 0 heterocycles. The Bertz CT molecular complexity index is 1270. The average Bonchev–Trinajstić information content (AvgIpc) is 2.87. The van der Waals surface area contributed by atoms with E-state index >= 15 is 0 Å². The number of para-hydroxylation sites is 1. The number of hydrogen-bond donors (Lipinski definition) is 4. The summed E-state index contributed by atoms with van der Waals surface area (Å²) in [5.74, 6) is -1.11. The number of rotatable bonds is 11.